The van der Waals surface area contributed by atoms with Crippen LogP contribution in [0.15, 0.2) is 53.9 Å². The summed E-state index contributed by atoms with van der Waals surface area (Å²) in [5.41, 5.74) is 4.26. The zero-order valence-electron chi connectivity index (χ0n) is 30.1. The third-order valence-corrected chi connectivity index (χ3v) is 11.0. The Kier molecular flexibility index (Phi) is 13.2. The summed E-state index contributed by atoms with van der Waals surface area (Å²) in [5.74, 6) is -6.12. The minimum Gasteiger partial charge on any atom is -0.481 e. The minimum atomic E-state index is -3.22. The van der Waals surface area contributed by atoms with Gasteiger partial charge in [-0.1, -0.05) is 62.4 Å². The van der Waals surface area contributed by atoms with Crippen molar-refractivity contribution in [2.45, 2.75) is 88.4 Å². The molecule has 2 aromatic carbocycles. The van der Waals surface area contributed by atoms with E-state index in [1.807, 2.05) is 0 Å². The number of carbonyl (C=O) groups is 4. The highest BCUT2D eigenvalue weighted by Gasteiger charge is 2.50. The van der Waals surface area contributed by atoms with E-state index in [4.69, 9.17) is 21.0 Å². The summed E-state index contributed by atoms with van der Waals surface area (Å²) < 4.78 is 52.1. The Hall–Kier alpha value is -4.76. The molecule has 0 bridgehead atoms. The summed E-state index contributed by atoms with van der Waals surface area (Å²) in [4.78, 5) is 52.8. The van der Waals surface area contributed by atoms with Crippen LogP contribution in [0.1, 0.15) is 103 Å². The highest BCUT2D eigenvalue weighted by molar-refractivity contribution is 7.10. The molecule has 6 N–H and O–H groups in total. The van der Waals surface area contributed by atoms with E-state index in [1.54, 1.807) is 30.5 Å². The number of nitrogens with two attached hydrogens (primary N) is 1. The number of hydrogen-bond acceptors (Lipinski definition) is 7. The van der Waals surface area contributed by atoms with Crippen molar-refractivity contribution in [3.8, 4) is 11.1 Å². The van der Waals surface area contributed by atoms with Crippen molar-refractivity contribution in [2.75, 3.05) is 26.3 Å². The number of amidine groups is 1. The van der Waals surface area contributed by atoms with Gasteiger partial charge >= 0.3 is 5.97 Å². The summed E-state index contributed by atoms with van der Waals surface area (Å²) in [5, 5.41) is 23.4. The molecule has 1 aliphatic carbocycles. The van der Waals surface area contributed by atoms with E-state index in [0.29, 0.717) is 28.8 Å². The SMILES string of the molecule is CC(NC(=O)[C@@H]1C[C@](F)(COCCCCCCCCCC(=O)O)CN1C(=O)CNC(=O)c1ccc2c(c1)-c1ccccc1C2(F)F)c1cc(C(=N)N)cs1. The molecule has 0 spiro atoms. The van der Waals surface area contributed by atoms with Crippen molar-refractivity contribution >= 4 is 40.9 Å². The number of benzene rings is 2. The monoisotopic (exact) mass is 769 g/mol. The standard InChI is InChI=1S/C39H46F3N5O6S/c1-24(32-18-26(21-54-32)35(43)44)46-37(52)31-19-38(40,23-53-16-10-6-4-2-3-5-7-13-34(49)50)22-47(31)33(48)20-45-36(51)25-14-15-30-28(17-25)27-11-8-9-12-29(27)39(30,41)42/h8-9,11-12,14-15,17-18,21,24,31H,2-7,10,13,16,19-20,22-23H2,1H3,(H3,43,44)(H,45,51)(H,46,52)(H,49,50)/t24?,31-,38+/m0/s1. The first-order chi connectivity index (χ1) is 25.7. The lowest BCUT2D eigenvalue weighted by Gasteiger charge is -2.25. The lowest BCUT2D eigenvalue weighted by molar-refractivity contribution is -0.138. The number of carboxylic acids is 1. The zero-order valence-corrected chi connectivity index (χ0v) is 30.9. The van der Waals surface area contributed by atoms with Gasteiger partial charge in [-0.3, -0.25) is 24.6 Å². The van der Waals surface area contributed by atoms with Crippen molar-refractivity contribution in [1.29, 1.82) is 5.41 Å². The fraction of sp³-hybridized carbons (Fsp3) is 0.462. The first-order valence-electron chi connectivity index (χ1n) is 18.1. The Bertz CT molecular complexity index is 1870. The maximum atomic E-state index is 16.3. The fourth-order valence-corrected chi connectivity index (χ4v) is 7.85. The third-order valence-electron chi connectivity index (χ3n) is 9.84. The van der Waals surface area contributed by atoms with Crippen molar-refractivity contribution in [2.24, 2.45) is 5.73 Å². The van der Waals surface area contributed by atoms with E-state index < -0.39 is 60.5 Å². The quantitative estimate of drug-likeness (QED) is 0.0541. The highest BCUT2D eigenvalue weighted by Crippen LogP contribution is 2.51. The number of hydrogen-bond donors (Lipinski definition) is 5. The van der Waals surface area contributed by atoms with Crippen LogP contribution in [0.5, 0.6) is 0 Å². The van der Waals surface area contributed by atoms with Gasteiger partial charge in [0.2, 0.25) is 11.8 Å². The number of nitrogens with one attached hydrogen (secondary N) is 3. The molecule has 3 amide bonds. The van der Waals surface area contributed by atoms with Gasteiger partial charge in [0.25, 0.3) is 11.8 Å². The molecule has 3 atom stereocenters. The van der Waals surface area contributed by atoms with E-state index >= 15 is 13.2 Å². The van der Waals surface area contributed by atoms with Crippen LogP contribution >= 0.6 is 11.3 Å². The van der Waals surface area contributed by atoms with Gasteiger partial charge < -0.3 is 31.1 Å². The number of thiophene rings is 1. The number of amides is 3. The number of halogens is 3. The van der Waals surface area contributed by atoms with Gasteiger partial charge in [-0.25, -0.2) is 4.39 Å². The topological polar surface area (TPSA) is 175 Å². The molecule has 1 fully saturated rings. The highest BCUT2D eigenvalue weighted by atomic mass is 32.1. The van der Waals surface area contributed by atoms with E-state index in [2.05, 4.69) is 10.6 Å². The van der Waals surface area contributed by atoms with Crippen molar-refractivity contribution in [3.63, 3.8) is 0 Å². The van der Waals surface area contributed by atoms with E-state index in [-0.39, 0.29) is 54.1 Å². The molecule has 11 nitrogen and oxygen atoms in total. The van der Waals surface area contributed by atoms with Gasteiger partial charge in [-0.05, 0) is 49.1 Å². The number of nitrogens with zero attached hydrogens (tertiary/aromatic N) is 1. The summed E-state index contributed by atoms with van der Waals surface area (Å²) in [6.45, 7) is 0.662. The van der Waals surface area contributed by atoms with Crippen molar-refractivity contribution in [1.82, 2.24) is 15.5 Å². The molecule has 1 aliphatic heterocycles. The number of alkyl halides is 3. The molecule has 290 valence electrons. The van der Waals surface area contributed by atoms with Crippen LogP contribution in [0.4, 0.5) is 13.2 Å². The number of unbranched alkanes of at least 4 members (excludes halogenated alkanes) is 6. The number of aliphatic carboxylic acids is 1. The Morgan fingerprint density at radius 2 is 1.67 bits per heavy atom. The van der Waals surface area contributed by atoms with E-state index in [9.17, 15) is 19.2 Å². The van der Waals surface area contributed by atoms with Crippen LogP contribution in [0.3, 0.4) is 0 Å². The van der Waals surface area contributed by atoms with Gasteiger partial charge in [0, 0.05) is 52.0 Å². The summed E-state index contributed by atoms with van der Waals surface area (Å²) in [6, 6.07) is 9.81. The average molecular weight is 770 g/mol. The number of carbonyl (C=O) groups excluding carboxylic acids is 3. The predicted octanol–water partition coefficient (Wildman–Crippen LogP) is 6.29. The number of rotatable bonds is 19. The molecule has 15 heteroatoms. The van der Waals surface area contributed by atoms with Gasteiger partial charge in [0.15, 0.2) is 5.67 Å². The molecule has 0 saturated carbocycles. The number of nitrogen functional groups attached to an aromatic ring is 1. The molecule has 1 unspecified atom stereocenters. The molecular formula is C39H46F3N5O6S. The van der Waals surface area contributed by atoms with E-state index in [0.717, 1.165) is 37.0 Å². The normalized spacial score (nSPS) is 18.8. The van der Waals surface area contributed by atoms with Gasteiger partial charge in [-0.15, -0.1) is 11.3 Å². The van der Waals surface area contributed by atoms with Gasteiger partial charge in [0.1, 0.15) is 11.9 Å². The Balaban J connectivity index is 1.19. The Morgan fingerprint density at radius 1 is 0.981 bits per heavy atom. The number of fused-ring (bicyclic) bond motifs is 3. The molecule has 1 saturated heterocycles. The maximum Gasteiger partial charge on any atom is 0.303 e. The predicted molar refractivity (Wildman–Crippen MR) is 198 cm³/mol. The van der Waals surface area contributed by atoms with Crippen LogP contribution < -0.4 is 16.4 Å². The summed E-state index contributed by atoms with van der Waals surface area (Å²) >= 11 is 1.29. The number of likely N-dealkylation sites (tertiary alicyclic amines) is 1. The summed E-state index contributed by atoms with van der Waals surface area (Å²) in [7, 11) is 0. The van der Waals surface area contributed by atoms with Crippen LogP contribution in [-0.2, 0) is 25.0 Å². The molecule has 1 aromatic heterocycles. The molecule has 5 rings (SSSR count). The van der Waals surface area contributed by atoms with Gasteiger partial charge in [-0.2, -0.15) is 8.78 Å². The summed E-state index contributed by atoms with van der Waals surface area (Å²) in [6.07, 6.45) is 5.76. The van der Waals surface area contributed by atoms with Crippen molar-refractivity contribution in [3.05, 3.63) is 81.0 Å². The molecular weight excluding hydrogens is 724 g/mol. The fourth-order valence-electron chi connectivity index (χ4n) is 6.94. The van der Waals surface area contributed by atoms with Crippen LogP contribution in [0.25, 0.3) is 11.1 Å². The van der Waals surface area contributed by atoms with Crippen LogP contribution in [-0.4, -0.2) is 77.5 Å². The molecule has 0 radical (unpaired) electrons. The maximum absolute atomic E-state index is 16.3. The van der Waals surface area contributed by atoms with Crippen LogP contribution in [0, 0.1) is 5.41 Å². The second-order valence-electron chi connectivity index (χ2n) is 14.0. The largest absolute Gasteiger partial charge is 0.481 e. The first-order valence-corrected chi connectivity index (χ1v) is 19.0. The smallest absolute Gasteiger partial charge is 0.303 e. The van der Waals surface area contributed by atoms with Gasteiger partial charge in [0.05, 0.1) is 25.7 Å². The zero-order chi connectivity index (χ0) is 39.0. The van der Waals surface area contributed by atoms with Crippen LogP contribution in [0.2, 0.25) is 0 Å². The molecule has 54 heavy (non-hydrogen) atoms. The molecule has 2 aliphatic rings. The molecule has 2 heterocycles. The average Bonchev–Trinajstić information content (AvgIpc) is 3.83. The Labute approximate surface area is 316 Å². The van der Waals surface area contributed by atoms with Crippen molar-refractivity contribution < 1.29 is 42.2 Å². The first kappa shape index (κ1) is 40.4. The van der Waals surface area contributed by atoms with E-state index in [1.165, 1.54) is 41.7 Å². The lowest BCUT2D eigenvalue weighted by atomic mass is 10.0. The second kappa shape index (κ2) is 17.6. The lowest BCUT2D eigenvalue weighted by Crippen LogP contribution is -2.49. The minimum absolute atomic E-state index is 0.0610. The number of carboxylic acid groups (broad SMARTS) is 1. The second-order valence-corrected chi connectivity index (χ2v) is 15.0. The number of ether oxygens (including phenoxy) is 1. The Morgan fingerprint density at radius 3 is 2.37 bits per heavy atom. The molecule has 3 aromatic rings. The third kappa shape index (κ3) is 9.66.